The molecule has 98 valence electrons. The van der Waals surface area contributed by atoms with Crippen LogP contribution in [0.15, 0.2) is 40.9 Å². The normalized spacial score (nSPS) is 10.5. The molecule has 0 saturated carbocycles. The van der Waals surface area contributed by atoms with Crippen LogP contribution >= 0.6 is 27.5 Å². The van der Waals surface area contributed by atoms with Crippen molar-refractivity contribution in [2.24, 2.45) is 0 Å². The summed E-state index contributed by atoms with van der Waals surface area (Å²) in [6.07, 6.45) is 0.166. The molecule has 0 saturated heterocycles. The number of hydrogen-bond acceptors (Lipinski definition) is 1. The summed E-state index contributed by atoms with van der Waals surface area (Å²) in [6, 6.07) is 9.61. The summed E-state index contributed by atoms with van der Waals surface area (Å²) in [5.74, 6) is -0.406. The average Bonchev–Trinajstić information content (AvgIpc) is 2.26. The van der Waals surface area contributed by atoms with E-state index in [2.05, 4.69) is 15.9 Å². The first-order valence-electron chi connectivity index (χ1n) is 5.70. The van der Waals surface area contributed by atoms with E-state index >= 15 is 0 Å². The zero-order chi connectivity index (χ0) is 14.0. The molecular weight excluding hydrogens is 331 g/mol. The molecule has 0 heterocycles. The highest BCUT2D eigenvalue weighted by atomic mass is 79.9. The van der Waals surface area contributed by atoms with Crippen LogP contribution in [0.4, 0.5) is 4.39 Å². The van der Waals surface area contributed by atoms with E-state index in [4.69, 9.17) is 11.6 Å². The fourth-order valence-electron chi connectivity index (χ4n) is 1.93. The fraction of sp³-hybridized carbons (Fsp3) is 0.133. The van der Waals surface area contributed by atoms with Crippen molar-refractivity contribution in [1.29, 1.82) is 0 Å². The Morgan fingerprint density at radius 1 is 1.26 bits per heavy atom. The second-order valence-corrected chi connectivity index (χ2v) is 5.69. The number of hydrogen-bond donors (Lipinski definition) is 0. The molecule has 0 N–H and O–H groups in total. The molecule has 2 aromatic carbocycles. The number of Topliss-reactive ketones (excluding diaryl/α,β-unsaturated/α-hetero) is 1. The van der Waals surface area contributed by atoms with Crippen LogP contribution < -0.4 is 0 Å². The van der Waals surface area contributed by atoms with E-state index in [1.54, 1.807) is 24.3 Å². The van der Waals surface area contributed by atoms with Crippen LogP contribution in [0.3, 0.4) is 0 Å². The zero-order valence-corrected chi connectivity index (χ0v) is 12.6. The molecule has 0 fully saturated rings. The average molecular weight is 342 g/mol. The smallest absolute Gasteiger partial charge is 0.167 e. The number of benzene rings is 2. The molecule has 0 radical (unpaired) electrons. The third-order valence-electron chi connectivity index (χ3n) is 2.78. The quantitative estimate of drug-likeness (QED) is 0.720. The van der Waals surface area contributed by atoms with Gasteiger partial charge in [0.1, 0.15) is 5.82 Å². The van der Waals surface area contributed by atoms with E-state index in [1.807, 2.05) is 6.92 Å². The molecule has 0 spiro atoms. The highest BCUT2D eigenvalue weighted by molar-refractivity contribution is 9.10. The Morgan fingerprint density at radius 3 is 2.63 bits per heavy atom. The highest BCUT2D eigenvalue weighted by Gasteiger charge is 2.11. The van der Waals surface area contributed by atoms with E-state index in [1.165, 1.54) is 12.1 Å². The molecule has 4 heteroatoms. The Hall–Kier alpha value is -1.19. The van der Waals surface area contributed by atoms with Gasteiger partial charge in [-0.1, -0.05) is 27.5 Å². The lowest BCUT2D eigenvalue weighted by Crippen LogP contribution is -2.06. The van der Waals surface area contributed by atoms with Gasteiger partial charge in [-0.3, -0.25) is 4.79 Å². The van der Waals surface area contributed by atoms with Crippen LogP contribution in [0.25, 0.3) is 0 Å². The molecule has 2 rings (SSSR count). The van der Waals surface area contributed by atoms with Gasteiger partial charge in [-0.15, -0.1) is 0 Å². The predicted molar refractivity (Wildman–Crippen MR) is 78.3 cm³/mol. The summed E-state index contributed by atoms with van der Waals surface area (Å²) in [6.45, 7) is 1.83. The first kappa shape index (κ1) is 14.2. The van der Waals surface area contributed by atoms with Crippen molar-refractivity contribution in [2.45, 2.75) is 13.3 Å². The third-order valence-corrected chi connectivity index (χ3v) is 3.47. The lowest BCUT2D eigenvalue weighted by molar-refractivity contribution is 0.0992. The SMILES string of the molecule is Cc1cc(Cl)ccc1C(=O)Cc1cc(F)cc(Br)c1. The summed E-state index contributed by atoms with van der Waals surface area (Å²) in [4.78, 5) is 12.2. The first-order valence-corrected chi connectivity index (χ1v) is 6.87. The highest BCUT2D eigenvalue weighted by Crippen LogP contribution is 2.19. The first-order chi connectivity index (χ1) is 8.95. The standard InChI is InChI=1S/C15H11BrClFO/c1-9-4-12(17)2-3-14(9)15(19)7-10-5-11(16)8-13(18)6-10/h2-6,8H,7H2,1H3. The van der Waals surface area contributed by atoms with Gasteiger partial charge in [0.2, 0.25) is 0 Å². The molecule has 0 amide bonds. The van der Waals surface area contributed by atoms with Crippen molar-refractivity contribution >= 4 is 33.3 Å². The zero-order valence-electron chi connectivity index (χ0n) is 10.2. The van der Waals surface area contributed by atoms with Gasteiger partial charge in [0.25, 0.3) is 0 Å². The molecule has 2 aromatic rings. The summed E-state index contributed by atoms with van der Waals surface area (Å²) in [7, 11) is 0. The van der Waals surface area contributed by atoms with Crippen molar-refractivity contribution in [3.05, 3.63) is 68.4 Å². The van der Waals surface area contributed by atoms with Gasteiger partial charge >= 0.3 is 0 Å². The Bertz CT molecular complexity index is 620. The minimum atomic E-state index is -0.356. The van der Waals surface area contributed by atoms with Crippen molar-refractivity contribution in [1.82, 2.24) is 0 Å². The molecular formula is C15H11BrClFO. The third kappa shape index (κ3) is 3.64. The topological polar surface area (TPSA) is 17.1 Å². The summed E-state index contributed by atoms with van der Waals surface area (Å²) in [5, 5.41) is 0.600. The second-order valence-electron chi connectivity index (χ2n) is 4.34. The molecule has 1 nitrogen and oxygen atoms in total. The van der Waals surface area contributed by atoms with Crippen LogP contribution in [0.2, 0.25) is 5.02 Å². The van der Waals surface area contributed by atoms with Crippen LogP contribution in [0.5, 0.6) is 0 Å². The number of carbonyl (C=O) groups excluding carboxylic acids is 1. The Morgan fingerprint density at radius 2 is 2.00 bits per heavy atom. The van der Waals surface area contributed by atoms with Gasteiger partial charge in [-0.25, -0.2) is 4.39 Å². The Labute approximate surface area is 124 Å². The number of ketones is 1. The van der Waals surface area contributed by atoms with Crippen LogP contribution in [0, 0.1) is 12.7 Å². The minimum Gasteiger partial charge on any atom is -0.294 e. The van der Waals surface area contributed by atoms with Crippen molar-refractivity contribution in [3.63, 3.8) is 0 Å². The Kier molecular flexibility index (Phi) is 4.38. The van der Waals surface area contributed by atoms with E-state index < -0.39 is 0 Å². The van der Waals surface area contributed by atoms with E-state index in [-0.39, 0.29) is 18.0 Å². The largest absolute Gasteiger partial charge is 0.294 e. The lowest BCUT2D eigenvalue weighted by atomic mass is 9.99. The monoisotopic (exact) mass is 340 g/mol. The summed E-state index contributed by atoms with van der Waals surface area (Å²) < 4.78 is 13.9. The van der Waals surface area contributed by atoms with E-state index in [9.17, 15) is 9.18 Å². The second kappa shape index (κ2) is 5.85. The number of halogens is 3. The Balaban J connectivity index is 2.25. The van der Waals surface area contributed by atoms with Gasteiger partial charge in [-0.05, 0) is 54.4 Å². The minimum absolute atomic E-state index is 0.0494. The van der Waals surface area contributed by atoms with Crippen molar-refractivity contribution < 1.29 is 9.18 Å². The maximum absolute atomic E-state index is 13.3. The lowest BCUT2D eigenvalue weighted by Gasteiger charge is -2.06. The van der Waals surface area contributed by atoms with E-state index in [0.717, 1.165) is 5.56 Å². The molecule has 0 unspecified atom stereocenters. The predicted octanol–water partition coefficient (Wildman–Crippen LogP) is 4.98. The molecule has 0 aliphatic rings. The number of rotatable bonds is 3. The van der Waals surface area contributed by atoms with Gasteiger partial charge in [0.05, 0.1) is 0 Å². The van der Waals surface area contributed by atoms with Gasteiger partial charge in [0.15, 0.2) is 5.78 Å². The van der Waals surface area contributed by atoms with Gasteiger partial charge in [-0.2, -0.15) is 0 Å². The van der Waals surface area contributed by atoms with Gasteiger partial charge < -0.3 is 0 Å². The van der Waals surface area contributed by atoms with Crippen molar-refractivity contribution in [2.75, 3.05) is 0 Å². The molecule has 0 aliphatic heterocycles. The molecule has 0 atom stereocenters. The van der Waals surface area contributed by atoms with Gasteiger partial charge in [0, 0.05) is 21.5 Å². The molecule has 19 heavy (non-hydrogen) atoms. The molecule has 0 aromatic heterocycles. The van der Waals surface area contributed by atoms with Crippen LogP contribution in [0.1, 0.15) is 21.5 Å². The van der Waals surface area contributed by atoms with Crippen LogP contribution in [-0.4, -0.2) is 5.78 Å². The number of carbonyl (C=O) groups is 1. The number of aryl methyl sites for hydroxylation is 1. The maximum Gasteiger partial charge on any atom is 0.167 e. The summed E-state index contributed by atoms with van der Waals surface area (Å²) >= 11 is 9.07. The fourth-order valence-corrected chi connectivity index (χ4v) is 2.67. The maximum atomic E-state index is 13.3. The summed E-state index contributed by atoms with van der Waals surface area (Å²) in [5.41, 5.74) is 2.09. The van der Waals surface area contributed by atoms with Crippen molar-refractivity contribution in [3.8, 4) is 0 Å². The molecule has 0 aliphatic carbocycles. The van der Waals surface area contributed by atoms with Crippen LogP contribution in [-0.2, 0) is 6.42 Å². The molecule has 0 bridgehead atoms. The van der Waals surface area contributed by atoms with E-state index in [0.29, 0.717) is 20.6 Å².